The topological polar surface area (TPSA) is 78.4 Å². The van der Waals surface area contributed by atoms with Crippen molar-refractivity contribution in [3.05, 3.63) is 0 Å². The van der Waals surface area contributed by atoms with Gasteiger partial charge in [-0.15, -0.1) is 0 Å². The van der Waals surface area contributed by atoms with E-state index in [2.05, 4.69) is 34.4 Å². The predicted octanol–water partition coefficient (Wildman–Crippen LogP) is -0.243. The lowest BCUT2D eigenvalue weighted by Crippen LogP contribution is -2.56. The van der Waals surface area contributed by atoms with Crippen LogP contribution in [-0.4, -0.2) is 100 Å². The molecule has 1 unspecified atom stereocenters. The summed E-state index contributed by atoms with van der Waals surface area (Å²) in [5, 5.41) is 6.80. The monoisotopic (exact) mass is 369 g/mol. The molecule has 0 aliphatic carbocycles. The van der Waals surface area contributed by atoms with Gasteiger partial charge in [-0.1, -0.05) is 0 Å². The van der Waals surface area contributed by atoms with Gasteiger partial charge in [-0.3, -0.25) is 9.69 Å². The van der Waals surface area contributed by atoms with Gasteiger partial charge in [0.25, 0.3) is 0 Å². The van der Waals surface area contributed by atoms with Crippen LogP contribution in [0.1, 0.15) is 20.3 Å². The van der Waals surface area contributed by atoms with E-state index >= 15 is 0 Å². The fourth-order valence-corrected chi connectivity index (χ4v) is 3.03. The van der Waals surface area contributed by atoms with Crippen LogP contribution in [0.4, 0.5) is 0 Å². The van der Waals surface area contributed by atoms with Crippen molar-refractivity contribution in [3.63, 3.8) is 0 Å². The highest BCUT2D eigenvalue weighted by Crippen LogP contribution is 2.15. The van der Waals surface area contributed by atoms with Crippen LogP contribution in [-0.2, 0) is 14.3 Å². The molecule has 0 aromatic carbocycles. The van der Waals surface area contributed by atoms with Gasteiger partial charge >= 0.3 is 0 Å². The number of hydrogen-bond donors (Lipinski definition) is 2. The van der Waals surface area contributed by atoms with Crippen molar-refractivity contribution in [2.24, 2.45) is 10.9 Å². The molecule has 0 radical (unpaired) electrons. The first-order valence-electron chi connectivity index (χ1n) is 9.51. The molecule has 8 nitrogen and oxygen atoms in total. The van der Waals surface area contributed by atoms with Crippen molar-refractivity contribution in [2.75, 3.05) is 73.2 Å². The molecule has 2 fully saturated rings. The second-order valence-electron chi connectivity index (χ2n) is 7.83. The van der Waals surface area contributed by atoms with Crippen LogP contribution in [0.5, 0.6) is 0 Å². The lowest BCUT2D eigenvalue weighted by atomic mass is 10.0. The molecule has 26 heavy (non-hydrogen) atoms. The minimum Gasteiger partial charge on any atom is -0.381 e. The zero-order valence-electron chi connectivity index (χ0n) is 16.7. The first kappa shape index (κ1) is 20.9. The van der Waals surface area contributed by atoms with E-state index in [-0.39, 0.29) is 18.0 Å². The molecule has 2 saturated heterocycles. The van der Waals surface area contributed by atoms with E-state index < -0.39 is 0 Å². The number of morpholine rings is 1. The van der Waals surface area contributed by atoms with E-state index in [9.17, 15) is 4.79 Å². The highest BCUT2D eigenvalue weighted by molar-refractivity contribution is 5.84. The number of hydrogen-bond acceptors (Lipinski definition) is 5. The summed E-state index contributed by atoms with van der Waals surface area (Å²) in [6, 6.07) is 0. The van der Waals surface area contributed by atoms with Crippen LogP contribution < -0.4 is 10.6 Å². The molecule has 8 heteroatoms. The highest BCUT2D eigenvalue weighted by Gasteiger charge is 2.28. The van der Waals surface area contributed by atoms with E-state index in [4.69, 9.17) is 9.47 Å². The van der Waals surface area contributed by atoms with Crippen LogP contribution >= 0.6 is 0 Å². The average molecular weight is 370 g/mol. The molecule has 0 aromatic heterocycles. The molecule has 0 bridgehead atoms. The van der Waals surface area contributed by atoms with Gasteiger partial charge in [-0.25, -0.2) is 4.99 Å². The molecule has 0 spiro atoms. The maximum Gasteiger partial charge on any atom is 0.243 e. The Morgan fingerprint density at radius 3 is 2.54 bits per heavy atom. The quantitative estimate of drug-likeness (QED) is 0.476. The zero-order chi connectivity index (χ0) is 19.0. The first-order valence-corrected chi connectivity index (χ1v) is 9.51. The third-order valence-electron chi connectivity index (χ3n) is 5.01. The second kappa shape index (κ2) is 10.1. The summed E-state index contributed by atoms with van der Waals surface area (Å²) in [7, 11) is 3.49. The molecule has 1 atom stereocenters. The lowest BCUT2D eigenvalue weighted by molar-refractivity contribution is -0.127. The summed E-state index contributed by atoms with van der Waals surface area (Å²) in [6.07, 6.45) is 1.07. The van der Waals surface area contributed by atoms with E-state index in [0.717, 1.165) is 59.0 Å². The number of nitrogens with one attached hydrogen (secondary N) is 2. The standard InChI is InChI=1S/C18H35N5O3/c1-18(2,23-6-9-25-10-7-23)14-21-17(20-12-16(24)22(3)4)19-11-15-5-8-26-13-15/h15H,5-14H2,1-4H3,(H2,19,20,21). The number of carbonyl (C=O) groups is 1. The Labute approximate surface area is 157 Å². The molecule has 2 rings (SSSR count). The SMILES string of the molecule is CN(C)C(=O)CN=C(NCC1CCOC1)NCC(C)(C)N1CCOCC1. The van der Waals surface area contributed by atoms with Gasteiger partial charge in [-0.2, -0.15) is 0 Å². The molecule has 2 heterocycles. The number of guanidine groups is 1. The van der Waals surface area contributed by atoms with Crippen LogP contribution in [0.2, 0.25) is 0 Å². The normalized spacial score (nSPS) is 22.3. The molecule has 2 aliphatic heterocycles. The van der Waals surface area contributed by atoms with E-state index in [1.165, 1.54) is 0 Å². The van der Waals surface area contributed by atoms with Crippen molar-refractivity contribution in [1.82, 2.24) is 20.4 Å². The minimum absolute atomic E-state index is 0.0114. The number of aliphatic imine (C=N–C) groups is 1. The number of amides is 1. The maximum absolute atomic E-state index is 11.9. The number of likely N-dealkylation sites (N-methyl/N-ethyl adjacent to an activating group) is 1. The molecule has 2 N–H and O–H groups in total. The van der Waals surface area contributed by atoms with E-state index in [1.54, 1.807) is 19.0 Å². The largest absolute Gasteiger partial charge is 0.381 e. The number of ether oxygens (including phenoxy) is 2. The van der Waals surface area contributed by atoms with Crippen LogP contribution in [0, 0.1) is 5.92 Å². The van der Waals surface area contributed by atoms with E-state index in [1.807, 2.05) is 0 Å². The summed E-state index contributed by atoms with van der Waals surface area (Å²) in [5.74, 6) is 1.18. The zero-order valence-corrected chi connectivity index (χ0v) is 16.7. The van der Waals surface area contributed by atoms with Gasteiger partial charge in [-0.05, 0) is 20.3 Å². The fourth-order valence-electron chi connectivity index (χ4n) is 3.03. The molecular weight excluding hydrogens is 334 g/mol. The molecule has 0 aromatic rings. The van der Waals surface area contributed by atoms with Crippen molar-refractivity contribution in [3.8, 4) is 0 Å². The second-order valence-corrected chi connectivity index (χ2v) is 7.83. The van der Waals surface area contributed by atoms with Gasteiger partial charge in [0.2, 0.25) is 5.91 Å². The van der Waals surface area contributed by atoms with Gasteiger partial charge in [0.15, 0.2) is 5.96 Å². The Bertz CT molecular complexity index is 469. The Balaban J connectivity index is 1.90. The van der Waals surface area contributed by atoms with Gasteiger partial charge in [0, 0.05) is 58.3 Å². The van der Waals surface area contributed by atoms with E-state index in [0.29, 0.717) is 11.9 Å². The molecule has 2 aliphatic rings. The van der Waals surface area contributed by atoms with Gasteiger partial charge in [0.1, 0.15) is 6.54 Å². The smallest absolute Gasteiger partial charge is 0.243 e. The van der Waals surface area contributed by atoms with Crippen LogP contribution in [0.3, 0.4) is 0 Å². The van der Waals surface area contributed by atoms with Crippen molar-refractivity contribution < 1.29 is 14.3 Å². The Morgan fingerprint density at radius 1 is 1.19 bits per heavy atom. The summed E-state index contributed by atoms with van der Waals surface area (Å²) < 4.78 is 10.9. The van der Waals surface area contributed by atoms with Crippen molar-refractivity contribution in [2.45, 2.75) is 25.8 Å². The summed E-state index contributed by atoms with van der Waals surface area (Å²) in [6.45, 7) is 11.2. The van der Waals surface area contributed by atoms with Gasteiger partial charge in [0.05, 0.1) is 19.8 Å². The van der Waals surface area contributed by atoms with Crippen LogP contribution in [0.15, 0.2) is 4.99 Å². The molecule has 1 amide bonds. The Hall–Kier alpha value is -1.38. The maximum atomic E-state index is 11.9. The summed E-state index contributed by atoms with van der Waals surface area (Å²) in [5.41, 5.74) is -0.0196. The average Bonchev–Trinajstić information content (AvgIpc) is 3.15. The predicted molar refractivity (Wildman–Crippen MR) is 102 cm³/mol. The minimum atomic E-state index is -0.0196. The third kappa shape index (κ3) is 6.74. The summed E-state index contributed by atoms with van der Waals surface area (Å²) >= 11 is 0. The van der Waals surface area contributed by atoms with Crippen LogP contribution in [0.25, 0.3) is 0 Å². The number of carbonyl (C=O) groups excluding carboxylic acids is 1. The van der Waals surface area contributed by atoms with Crippen molar-refractivity contribution >= 4 is 11.9 Å². The third-order valence-corrected chi connectivity index (χ3v) is 5.01. The highest BCUT2D eigenvalue weighted by atomic mass is 16.5. The molecule has 0 saturated carbocycles. The Morgan fingerprint density at radius 2 is 1.92 bits per heavy atom. The Kier molecular flexibility index (Phi) is 8.12. The molecule has 150 valence electrons. The van der Waals surface area contributed by atoms with Crippen molar-refractivity contribution in [1.29, 1.82) is 0 Å². The number of nitrogens with zero attached hydrogens (tertiary/aromatic N) is 3. The van der Waals surface area contributed by atoms with Gasteiger partial charge < -0.3 is 25.0 Å². The summed E-state index contributed by atoms with van der Waals surface area (Å²) in [4.78, 5) is 20.3. The lowest BCUT2D eigenvalue weighted by Gasteiger charge is -2.41. The number of rotatable bonds is 7. The fraction of sp³-hybridized carbons (Fsp3) is 0.889. The first-order chi connectivity index (χ1) is 12.4. The molecular formula is C18H35N5O3.